The van der Waals surface area contributed by atoms with Gasteiger partial charge in [-0.25, -0.2) is 8.78 Å². The standard InChI is InChI=1S/C12H18F8O/c1-9(2,7(13)11(15,16)17)5-21-6-10(3,4)8(14)12(18,19)20/h7-8H,5-6H2,1-4H3. The van der Waals surface area contributed by atoms with Crippen LogP contribution in [0.5, 0.6) is 0 Å². The van der Waals surface area contributed by atoms with Crippen molar-refractivity contribution in [2.45, 2.75) is 52.4 Å². The van der Waals surface area contributed by atoms with Crippen molar-refractivity contribution in [2.75, 3.05) is 13.2 Å². The predicted octanol–water partition coefficient (Wildman–Crippen LogP) is 4.86. The van der Waals surface area contributed by atoms with E-state index in [-0.39, 0.29) is 0 Å². The Morgan fingerprint density at radius 1 is 0.667 bits per heavy atom. The molecule has 0 aliphatic rings. The zero-order chi connectivity index (χ0) is 17.3. The second-order valence-corrected chi connectivity index (χ2v) is 6.28. The lowest BCUT2D eigenvalue weighted by molar-refractivity contribution is -0.226. The SMILES string of the molecule is CC(C)(COCC(C)(C)C(F)C(F)(F)F)C(F)C(F)(F)F. The molecule has 9 heteroatoms. The molecule has 0 aromatic carbocycles. The highest BCUT2D eigenvalue weighted by molar-refractivity contribution is 4.86. The van der Waals surface area contributed by atoms with E-state index in [2.05, 4.69) is 0 Å². The molecule has 0 bridgehead atoms. The van der Waals surface area contributed by atoms with Gasteiger partial charge in [0.15, 0.2) is 0 Å². The first-order valence-corrected chi connectivity index (χ1v) is 6.01. The second kappa shape index (κ2) is 6.26. The quantitative estimate of drug-likeness (QED) is 0.632. The van der Waals surface area contributed by atoms with Crippen LogP contribution in [0.2, 0.25) is 0 Å². The molecule has 0 rings (SSSR count). The first kappa shape index (κ1) is 20.4. The Kier molecular flexibility index (Phi) is 6.08. The van der Waals surface area contributed by atoms with Crippen LogP contribution in [0.4, 0.5) is 35.1 Å². The Balaban J connectivity index is 4.62. The van der Waals surface area contributed by atoms with Gasteiger partial charge in [-0.2, -0.15) is 26.3 Å². The molecule has 2 atom stereocenters. The van der Waals surface area contributed by atoms with Crippen LogP contribution in [-0.4, -0.2) is 37.9 Å². The van der Waals surface area contributed by atoms with Gasteiger partial charge in [-0.1, -0.05) is 27.7 Å². The minimum Gasteiger partial charge on any atom is -0.380 e. The summed E-state index contributed by atoms with van der Waals surface area (Å²) in [6, 6.07) is 0. The Bertz CT molecular complexity index is 299. The molecule has 0 radical (unpaired) electrons. The van der Waals surface area contributed by atoms with Gasteiger partial charge < -0.3 is 4.74 Å². The third kappa shape index (κ3) is 5.96. The summed E-state index contributed by atoms with van der Waals surface area (Å²) >= 11 is 0. The molecule has 0 saturated carbocycles. The van der Waals surface area contributed by atoms with Crippen LogP contribution in [0.3, 0.4) is 0 Å². The third-order valence-electron chi connectivity index (χ3n) is 2.90. The molecule has 0 heterocycles. The van der Waals surface area contributed by atoms with Gasteiger partial charge in [-0.15, -0.1) is 0 Å². The highest BCUT2D eigenvalue weighted by Gasteiger charge is 2.52. The van der Waals surface area contributed by atoms with Gasteiger partial charge in [-0.05, 0) is 0 Å². The molecule has 0 amide bonds. The lowest BCUT2D eigenvalue weighted by Crippen LogP contribution is -2.44. The summed E-state index contributed by atoms with van der Waals surface area (Å²) in [4.78, 5) is 0. The molecular weight excluding hydrogens is 312 g/mol. The van der Waals surface area contributed by atoms with Gasteiger partial charge in [0.1, 0.15) is 0 Å². The second-order valence-electron chi connectivity index (χ2n) is 6.28. The molecule has 0 aliphatic carbocycles. The van der Waals surface area contributed by atoms with E-state index < -0.39 is 48.7 Å². The summed E-state index contributed by atoms with van der Waals surface area (Å²) < 4.78 is 105. The Morgan fingerprint density at radius 3 is 1.10 bits per heavy atom. The van der Waals surface area contributed by atoms with Gasteiger partial charge in [0.25, 0.3) is 0 Å². The van der Waals surface area contributed by atoms with E-state index in [0.29, 0.717) is 0 Å². The van der Waals surface area contributed by atoms with Crippen molar-refractivity contribution >= 4 is 0 Å². The summed E-state index contributed by atoms with van der Waals surface area (Å²) in [6.45, 7) is 2.12. The molecule has 21 heavy (non-hydrogen) atoms. The van der Waals surface area contributed by atoms with Crippen LogP contribution >= 0.6 is 0 Å². The van der Waals surface area contributed by atoms with Gasteiger partial charge in [0.2, 0.25) is 12.3 Å². The van der Waals surface area contributed by atoms with E-state index >= 15 is 0 Å². The van der Waals surface area contributed by atoms with Crippen molar-refractivity contribution in [1.82, 2.24) is 0 Å². The van der Waals surface area contributed by atoms with Gasteiger partial charge in [-0.3, -0.25) is 0 Å². The summed E-state index contributed by atoms with van der Waals surface area (Å²) in [5.41, 5.74) is -3.98. The largest absolute Gasteiger partial charge is 0.420 e. The maximum absolute atomic E-state index is 13.2. The summed E-state index contributed by atoms with van der Waals surface area (Å²) in [6.07, 6.45) is -16.6. The summed E-state index contributed by atoms with van der Waals surface area (Å²) in [5.74, 6) is 0. The molecule has 0 aromatic rings. The molecule has 0 saturated heterocycles. The zero-order valence-corrected chi connectivity index (χ0v) is 12.0. The lowest BCUT2D eigenvalue weighted by Gasteiger charge is -2.33. The van der Waals surface area contributed by atoms with E-state index in [0.717, 1.165) is 27.7 Å². The molecular formula is C12H18F8O. The topological polar surface area (TPSA) is 9.23 Å². The highest BCUT2D eigenvalue weighted by Crippen LogP contribution is 2.39. The van der Waals surface area contributed by atoms with Crippen LogP contribution in [0.1, 0.15) is 27.7 Å². The van der Waals surface area contributed by atoms with E-state index in [9.17, 15) is 35.1 Å². The van der Waals surface area contributed by atoms with Crippen molar-refractivity contribution in [1.29, 1.82) is 0 Å². The van der Waals surface area contributed by atoms with Crippen LogP contribution in [0.15, 0.2) is 0 Å². The average Bonchev–Trinajstić information content (AvgIpc) is 2.23. The fourth-order valence-electron chi connectivity index (χ4n) is 1.61. The highest BCUT2D eigenvalue weighted by atomic mass is 19.4. The Labute approximate surface area is 117 Å². The van der Waals surface area contributed by atoms with Crippen molar-refractivity contribution < 1.29 is 39.9 Å². The Morgan fingerprint density at radius 2 is 0.905 bits per heavy atom. The molecule has 0 aromatic heterocycles. The number of hydrogen-bond donors (Lipinski definition) is 0. The maximum Gasteiger partial charge on any atom is 0.420 e. The zero-order valence-electron chi connectivity index (χ0n) is 12.0. The van der Waals surface area contributed by atoms with Crippen LogP contribution < -0.4 is 0 Å². The van der Waals surface area contributed by atoms with Crippen molar-refractivity contribution in [3.8, 4) is 0 Å². The van der Waals surface area contributed by atoms with Crippen LogP contribution in [0.25, 0.3) is 0 Å². The fourth-order valence-corrected chi connectivity index (χ4v) is 1.61. The summed E-state index contributed by atoms with van der Waals surface area (Å²) in [5, 5.41) is 0. The maximum atomic E-state index is 13.2. The van der Waals surface area contributed by atoms with Crippen LogP contribution in [-0.2, 0) is 4.74 Å². The molecule has 128 valence electrons. The van der Waals surface area contributed by atoms with Gasteiger partial charge in [0, 0.05) is 10.8 Å². The van der Waals surface area contributed by atoms with E-state index in [4.69, 9.17) is 4.74 Å². The first-order valence-electron chi connectivity index (χ1n) is 6.01. The van der Waals surface area contributed by atoms with E-state index in [1.165, 1.54) is 0 Å². The summed E-state index contributed by atoms with van der Waals surface area (Å²) in [7, 11) is 0. The molecule has 1 nitrogen and oxygen atoms in total. The minimum absolute atomic E-state index is 0.790. The number of halogens is 8. The van der Waals surface area contributed by atoms with Gasteiger partial charge in [0.05, 0.1) is 13.2 Å². The number of hydrogen-bond acceptors (Lipinski definition) is 1. The van der Waals surface area contributed by atoms with Crippen molar-refractivity contribution in [3.63, 3.8) is 0 Å². The van der Waals surface area contributed by atoms with E-state index in [1.54, 1.807) is 0 Å². The number of alkyl halides is 8. The number of rotatable bonds is 6. The molecule has 0 aliphatic heterocycles. The van der Waals surface area contributed by atoms with Crippen molar-refractivity contribution in [3.05, 3.63) is 0 Å². The van der Waals surface area contributed by atoms with Gasteiger partial charge >= 0.3 is 12.4 Å². The molecule has 0 N–H and O–H groups in total. The average molecular weight is 330 g/mol. The van der Waals surface area contributed by atoms with Crippen LogP contribution in [0, 0.1) is 10.8 Å². The number of ether oxygens (including phenoxy) is 1. The Hall–Kier alpha value is -0.600. The van der Waals surface area contributed by atoms with E-state index in [1.807, 2.05) is 0 Å². The monoisotopic (exact) mass is 330 g/mol. The normalized spacial score (nSPS) is 17.7. The van der Waals surface area contributed by atoms with Crippen molar-refractivity contribution in [2.24, 2.45) is 10.8 Å². The fraction of sp³-hybridized carbons (Fsp3) is 1.00. The first-order chi connectivity index (χ1) is 9.02. The molecule has 2 unspecified atom stereocenters. The minimum atomic E-state index is -5.10. The predicted molar refractivity (Wildman–Crippen MR) is 60.3 cm³/mol. The lowest BCUT2D eigenvalue weighted by atomic mass is 9.86. The third-order valence-corrected chi connectivity index (χ3v) is 2.90. The molecule has 0 spiro atoms. The molecule has 0 fully saturated rings. The smallest absolute Gasteiger partial charge is 0.380 e.